The maximum absolute atomic E-state index is 5.30. The van der Waals surface area contributed by atoms with Crippen molar-refractivity contribution < 1.29 is 4.74 Å². The predicted molar refractivity (Wildman–Crippen MR) is 110 cm³/mol. The van der Waals surface area contributed by atoms with Crippen molar-refractivity contribution in [1.82, 2.24) is 29.8 Å². The standard InChI is InChI=1S/C20H18N6OS/c1-4-14-11(2)28-20-17(14)19-22-18(25-26(19)10-21-20)16-9-15(23-24-16)12-6-5-7-13(8-12)27-3/h5-10H,4H2,1-3H3,(H,23,24). The fourth-order valence-electron chi connectivity index (χ4n) is 3.47. The lowest BCUT2D eigenvalue weighted by Gasteiger charge is -2.00. The van der Waals surface area contributed by atoms with Crippen LogP contribution in [0.15, 0.2) is 36.7 Å². The molecule has 1 N–H and O–H groups in total. The first-order valence-electron chi connectivity index (χ1n) is 9.01. The van der Waals surface area contributed by atoms with Gasteiger partial charge in [0.25, 0.3) is 0 Å². The molecule has 7 nitrogen and oxygen atoms in total. The highest BCUT2D eigenvalue weighted by Crippen LogP contribution is 2.33. The van der Waals surface area contributed by atoms with E-state index in [0.717, 1.165) is 45.0 Å². The molecule has 0 saturated carbocycles. The number of thiophene rings is 1. The average Bonchev–Trinajstić information content (AvgIpc) is 3.43. The van der Waals surface area contributed by atoms with E-state index in [1.54, 1.807) is 29.3 Å². The number of benzene rings is 1. The number of hydrogen-bond acceptors (Lipinski definition) is 6. The van der Waals surface area contributed by atoms with E-state index in [9.17, 15) is 0 Å². The van der Waals surface area contributed by atoms with Gasteiger partial charge < -0.3 is 4.74 Å². The Labute approximate surface area is 165 Å². The lowest BCUT2D eigenvalue weighted by Crippen LogP contribution is -1.91. The molecule has 0 amide bonds. The lowest BCUT2D eigenvalue weighted by molar-refractivity contribution is 0.415. The maximum Gasteiger partial charge on any atom is 0.200 e. The summed E-state index contributed by atoms with van der Waals surface area (Å²) in [6, 6.07) is 9.75. The van der Waals surface area contributed by atoms with Gasteiger partial charge in [-0.15, -0.1) is 16.4 Å². The number of fused-ring (bicyclic) bond motifs is 3. The maximum atomic E-state index is 5.30. The molecule has 8 heteroatoms. The van der Waals surface area contributed by atoms with E-state index < -0.39 is 0 Å². The zero-order valence-electron chi connectivity index (χ0n) is 15.7. The van der Waals surface area contributed by atoms with Gasteiger partial charge >= 0.3 is 0 Å². The Kier molecular flexibility index (Phi) is 3.87. The fraction of sp³-hybridized carbons (Fsp3) is 0.200. The van der Waals surface area contributed by atoms with Crippen LogP contribution in [0.3, 0.4) is 0 Å². The number of methoxy groups -OCH3 is 1. The van der Waals surface area contributed by atoms with E-state index in [-0.39, 0.29) is 0 Å². The highest BCUT2D eigenvalue weighted by molar-refractivity contribution is 7.18. The van der Waals surface area contributed by atoms with Crippen LogP contribution in [-0.4, -0.2) is 36.9 Å². The second-order valence-corrected chi connectivity index (χ2v) is 7.72. The number of nitrogens with one attached hydrogen (secondary N) is 1. The molecule has 5 rings (SSSR count). The van der Waals surface area contributed by atoms with Crippen molar-refractivity contribution in [2.45, 2.75) is 20.3 Å². The Bertz CT molecular complexity index is 1320. The van der Waals surface area contributed by atoms with Crippen molar-refractivity contribution in [1.29, 1.82) is 0 Å². The summed E-state index contributed by atoms with van der Waals surface area (Å²) in [4.78, 5) is 11.6. The third-order valence-corrected chi connectivity index (χ3v) is 5.92. The number of ether oxygens (including phenoxy) is 1. The summed E-state index contributed by atoms with van der Waals surface area (Å²) >= 11 is 1.70. The molecule has 0 fully saturated rings. The molecule has 0 bridgehead atoms. The minimum atomic E-state index is 0.599. The molecule has 0 aliphatic carbocycles. The summed E-state index contributed by atoms with van der Waals surface area (Å²) in [5.41, 5.74) is 4.67. The van der Waals surface area contributed by atoms with Gasteiger partial charge in [-0.25, -0.2) is 14.5 Å². The molecule has 28 heavy (non-hydrogen) atoms. The van der Waals surface area contributed by atoms with Crippen LogP contribution in [0.5, 0.6) is 5.75 Å². The molecule has 140 valence electrons. The fourth-order valence-corrected chi connectivity index (χ4v) is 4.55. The molecular weight excluding hydrogens is 372 g/mol. The van der Waals surface area contributed by atoms with Gasteiger partial charge in [-0.3, -0.25) is 5.10 Å². The number of aromatic amines is 1. The summed E-state index contributed by atoms with van der Waals surface area (Å²) < 4.78 is 7.05. The third-order valence-electron chi connectivity index (χ3n) is 4.87. The molecule has 0 aliphatic rings. The molecule has 0 radical (unpaired) electrons. The molecule has 0 saturated heterocycles. The summed E-state index contributed by atoms with van der Waals surface area (Å²) in [6.07, 6.45) is 2.67. The van der Waals surface area contributed by atoms with Crippen molar-refractivity contribution in [2.24, 2.45) is 0 Å². The van der Waals surface area contributed by atoms with Crippen molar-refractivity contribution in [3.8, 4) is 28.5 Å². The van der Waals surface area contributed by atoms with Gasteiger partial charge in [0.15, 0.2) is 11.5 Å². The second kappa shape index (κ2) is 6.42. The highest BCUT2D eigenvalue weighted by atomic mass is 32.1. The van der Waals surface area contributed by atoms with Crippen LogP contribution in [-0.2, 0) is 6.42 Å². The van der Waals surface area contributed by atoms with Gasteiger partial charge in [0.2, 0.25) is 0 Å². The zero-order valence-corrected chi connectivity index (χ0v) is 16.5. The Morgan fingerprint density at radius 3 is 2.96 bits per heavy atom. The molecule has 0 unspecified atom stereocenters. The topological polar surface area (TPSA) is 81.0 Å². The monoisotopic (exact) mass is 390 g/mol. The van der Waals surface area contributed by atoms with Crippen LogP contribution < -0.4 is 4.74 Å². The number of rotatable bonds is 4. The second-order valence-electron chi connectivity index (χ2n) is 6.52. The van der Waals surface area contributed by atoms with E-state index in [1.165, 1.54) is 10.4 Å². The summed E-state index contributed by atoms with van der Waals surface area (Å²) in [5, 5.41) is 13.2. The molecule has 4 heterocycles. The van der Waals surface area contributed by atoms with E-state index in [4.69, 9.17) is 9.72 Å². The van der Waals surface area contributed by atoms with Crippen LogP contribution in [0.2, 0.25) is 0 Å². The molecule has 0 atom stereocenters. The Morgan fingerprint density at radius 2 is 2.14 bits per heavy atom. The van der Waals surface area contributed by atoms with Gasteiger partial charge in [-0.2, -0.15) is 5.10 Å². The van der Waals surface area contributed by atoms with Crippen molar-refractivity contribution in [3.63, 3.8) is 0 Å². The normalized spacial score (nSPS) is 11.5. The van der Waals surface area contributed by atoms with Crippen LogP contribution in [0.4, 0.5) is 0 Å². The Hall–Kier alpha value is -3.26. The van der Waals surface area contributed by atoms with Gasteiger partial charge in [0, 0.05) is 10.4 Å². The van der Waals surface area contributed by atoms with E-state index in [0.29, 0.717) is 5.82 Å². The quantitative estimate of drug-likeness (QED) is 0.495. The average molecular weight is 390 g/mol. The van der Waals surface area contributed by atoms with Crippen molar-refractivity contribution in [3.05, 3.63) is 47.1 Å². The molecule has 0 spiro atoms. The zero-order chi connectivity index (χ0) is 19.3. The SMILES string of the molecule is CCc1c(C)sc2ncn3nc(-c4cc(-c5cccc(OC)c5)n[nH]4)nc3c12. The Balaban J connectivity index is 1.62. The van der Waals surface area contributed by atoms with E-state index in [1.807, 2.05) is 30.3 Å². The predicted octanol–water partition coefficient (Wildman–Crippen LogP) is 4.28. The van der Waals surface area contributed by atoms with Crippen LogP contribution >= 0.6 is 11.3 Å². The van der Waals surface area contributed by atoms with Gasteiger partial charge in [0.1, 0.15) is 22.6 Å². The van der Waals surface area contributed by atoms with Crippen LogP contribution in [0.1, 0.15) is 17.4 Å². The first kappa shape index (κ1) is 16.9. The van der Waals surface area contributed by atoms with E-state index in [2.05, 4.69) is 34.1 Å². The summed E-state index contributed by atoms with van der Waals surface area (Å²) in [6.45, 7) is 4.29. The number of nitrogens with zero attached hydrogens (tertiary/aromatic N) is 5. The largest absolute Gasteiger partial charge is 0.497 e. The summed E-state index contributed by atoms with van der Waals surface area (Å²) in [5.74, 6) is 1.39. The van der Waals surface area contributed by atoms with Gasteiger partial charge in [-0.1, -0.05) is 19.1 Å². The smallest absolute Gasteiger partial charge is 0.200 e. The van der Waals surface area contributed by atoms with Gasteiger partial charge in [-0.05, 0) is 37.1 Å². The van der Waals surface area contributed by atoms with Crippen molar-refractivity contribution >= 4 is 27.2 Å². The number of aryl methyl sites for hydroxylation is 2. The first-order valence-corrected chi connectivity index (χ1v) is 9.83. The minimum Gasteiger partial charge on any atom is -0.497 e. The Morgan fingerprint density at radius 1 is 1.25 bits per heavy atom. The molecule has 4 aromatic heterocycles. The number of aromatic nitrogens is 6. The number of H-pyrrole nitrogens is 1. The third kappa shape index (κ3) is 2.56. The van der Waals surface area contributed by atoms with Crippen molar-refractivity contribution in [2.75, 3.05) is 7.11 Å². The number of hydrogen-bond donors (Lipinski definition) is 1. The van der Waals surface area contributed by atoms with Gasteiger partial charge in [0.05, 0.1) is 18.2 Å². The lowest BCUT2D eigenvalue weighted by atomic mass is 10.1. The molecule has 0 aliphatic heterocycles. The first-order chi connectivity index (χ1) is 13.7. The molecular formula is C20H18N6OS. The highest BCUT2D eigenvalue weighted by Gasteiger charge is 2.17. The minimum absolute atomic E-state index is 0.599. The molecule has 5 aromatic rings. The van der Waals surface area contributed by atoms with Crippen LogP contribution in [0.25, 0.3) is 38.6 Å². The van der Waals surface area contributed by atoms with Crippen LogP contribution in [0, 0.1) is 6.92 Å². The van der Waals surface area contributed by atoms with E-state index >= 15 is 0 Å². The summed E-state index contributed by atoms with van der Waals surface area (Å²) in [7, 11) is 1.65. The molecule has 1 aromatic carbocycles.